The van der Waals surface area contributed by atoms with Crippen LogP contribution >= 0.6 is 0 Å². The molecule has 2 rings (SSSR count). The molecule has 0 spiro atoms. The smallest absolute Gasteiger partial charge is 0.179 e. The maximum absolute atomic E-state index is 9.53. The van der Waals surface area contributed by atoms with E-state index in [1.165, 1.54) is 0 Å². The molecule has 0 fully saturated rings. The van der Waals surface area contributed by atoms with E-state index in [0.29, 0.717) is 0 Å². The highest BCUT2D eigenvalue weighted by atomic mass is 14.6. The molecule has 0 N–H and O–H groups in total. The second-order valence-corrected chi connectivity index (χ2v) is 5.62. The van der Waals surface area contributed by atoms with Crippen LogP contribution in [0.2, 0.25) is 0 Å². The van der Waals surface area contributed by atoms with Crippen LogP contribution < -0.4 is 0 Å². The van der Waals surface area contributed by atoms with Gasteiger partial charge in [0.25, 0.3) is 0 Å². The highest BCUT2D eigenvalue weighted by molar-refractivity contribution is 5.72. The van der Waals surface area contributed by atoms with Gasteiger partial charge < -0.3 is 0 Å². The minimum Gasteiger partial charge on any atom is -0.196 e. The molecule has 4 heteroatoms. The van der Waals surface area contributed by atoms with E-state index in [1.54, 1.807) is 0 Å². The van der Waals surface area contributed by atoms with Gasteiger partial charge in [0.15, 0.2) is 10.8 Å². The summed E-state index contributed by atoms with van der Waals surface area (Å²) in [7, 11) is 0. The van der Waals surface area contributed by atoms with Crippen LogP contribution in [0.5, 0.6) is 0 Å². The molecule has 0 radical (unpaired) electrons. The van der Waals surface area contributed by atoms with Crippen LogP contribution in [0.4, 0.5) is 0 Å². The molecule has 0 atom stereocenters. The largest absolute Gasteiger partial charge is 0.196 e. The Balaban J connectivity index is 2.63. The van der Waals surface area contributed by atoms with E-state index in [2.05, 4.69) is 0 Å². The van der Waals surface area contributed by atoms with Crippen molar-refractivity contribution in [3.8, 4) is 24.3 Å². The van der Waals surface area contributed by atoms with Gasteiger partial charge in [-0.15, -0.1) is 0 Å². The fourth-order valence-electron chi connectivity index (χ4n) is 2.87. The van der Waals surface area contributed by atoms with Gasteiger partial charge in [0.1, 0.15) is 0 Å². The van der Waals surface area contributed by atoms with Gasteiger partial charge in [-0.25, -0.2) is 0 Å². The van der Waals surface area contributed by atoms with Crippen LogP contribution in [0.1, 0.15) is 29.5 Å². The Morgan fingerprint density at radius 2 is 1.50 bits per heavy atom. The third-order valence-electron chi connectivity index (χ3n) is 4.55. The zero-order chi connectivity index (χ0) is 16.4. The number of nitrogens with zero attached hydrogens (tertiary/aromatic N) is 4. The number of nitriles is 4. The molecule has 1 aromatic rings. The van der Waals surface area contributed by atoms with Gasteiger partial charge in [0.2, 0.25) is 0 Å². The Morgan fingerprint density at radius 3 is 2.05 bits per heavy atom. The van der Waals surface area contributed by atoms with E-state index in [-0.39, 0.29) is 12.8 Å². The first-order valence-corrected chi connectivity index (χ1v) is 6.90. The summed E-state index contributed by atoms with van der Waals surface area (Å²) in [6.07, 6.45) is 2.00. The highest BCUT2D eigenvalue weighted by Gasteiger charge is 2.56. The Labute approximate surface area is 130 Å². The lowest BCUT2D eigenvalue weighted by atomic mass is 9.58. The van der Waals surface area contributed by atoms with Crippen molar-refractivity contribution < 1.29 is 0 Å². The van der Waals surface area contributed by atoms with Crippen molar-refractivity contribution in [2.75, 3.05) is 0 Å². The molecule has 1 aliphatic carbocycles. The molecule has 0 aliphatic heterocycles. The quantitative estimate of drug-likeness (QED) is 0.788. The molecule has 0 saturated heterocycles. The molecule has 1 aliphatic rings. The monoisotopic (exact) mass is 286 g/mol. The third-order valence-corrected chi connectivity index (χ3v) is 4.55. The van der Waals surface area contributed by atoms with Crippen LogP contribution in [0, 0.1) is 70.0 Å². The molecule has 22 heavy (non-hydrogen) atoms. The summed E-state index contributed by atoms with van der Waals surface area (Å²) in [6, 6.07) is 13.6. The van der Waals surface area contributed by atoms with Gasteiger partial charge in [-0.2, -0.15) is 21.0 Å². The topological polar surface area (TPSA) is 95.2 Å². The number of hydrogen-bond donors (Lipinski definition) is 0. The van der Waals surface area contributed by atoms with E-state index in [1.807, 2.05) is 62.4 Å². The highest BCUT2D eigenvalue weighted by Crippen LogP contribution is 2.51. The number of rotatable bonds is 1. The summed E-state index contributed by atoms with van der Waals surface area (Å²) in [6.45, 7) is 3.99. The van der Waals surface area contributed by atoms with E-state index >= 15 is 0 Å². The predicted molar refractivity (Wildman–Crippen MR) is 80.4 cm³/mol. The molecule has 0 amide bonds. The summed E-state index contributed by atoms with van der Waals surface area (Å²) in [5.74, 6) is 0. The van der Waals surface area contributed by atoms with Gasteiger partial charge >= 0.3 is 0 Å². The van der Waals surface area contributed by atoms with E-state index < -0.39 is 10.8 Å². The second-order valence-electron chi connectivity index (χ2n) is 5.62. The minimum atomic E-state index is -1.64. The number of hydrogen-bond acceptors (Lipinski definition) is 4. The van der Waals surface area contributed by atoms with Crippen LogP contribution in [-0.2, 0) is 0 Å². The first kappa shape index (κ1) is 15.3. The van der Waals surface area contributed by atoms with Gasteiger partial charge in [0, 0.05) is 12.8 Å². The van der Waals surface area contributed by atoms with Crippen LogP contribution in [-0.4, -0.2) is 0 Å². The van der Waals surface area contributed by atoms with Crippen molar-refractivity contribution in [2.24, 2.45) is 10.8 Å². The van der Waals surface area contributed by atoms with Crippen molar-refractivity contribution in [2.45, 2.75) is 26.7 Å². The minimum absolute atomic E-state index is 0.0871. The molecule has 0 bridgehead atoms. The molecular formula is C18H14N4. The Hall–Kier alpha value is -3.08. The molecule has 0 heterocycles. The standard InChI is InChI=1S/C18H14N4/c1-13-4-3-5-16(14(13)2)15-6-7-17(9-19,10-20)18(8-15,11-21)12-22/h3-6H,7-8H2,1-2H3. The van der Waals surface area contributed by atoms with E-state index in [9.17, 15) is 21.0 Å². The Bertz CT molecular complexity index is 791. The van der Waals surface area contributed by atoms with Crippen molar-refractivity contribution >= 4 is 5.57 Å². The summed E-state index contributed by atoms with van der Waals surface area (Å²) in [5, 5.41) is 37.8. The van der Waals surface area contributed by atoms with Crippen LogP contribution in [0.15, 0.2) is 24.3 Å². The van der Waals surface area contributed by atoms with Gasteiger partial charge in [0.05, 0.1) is 24.3 Å². The molecule has 106 valence electrons. The summed E-state index contributed by atoms with van der Waals surface area (Å²) >= 11 is 0. The van der Waals surface area contributed by atoms with Gasteiger partial charge in [-0.05, 0) is 36.1 Å². The van der Waals surface area contributed by atoms with Crippen molar-refractivity contribution in [1.29, 1.82) is 21.0 Å². The maximum atomic E-state index is 9.53. The Morgan fingerprint density at radius 1 is 0.909 bits per heavy atom. The van der Waals surface area contributed by atoms with Gasteiger partial charge in [-0.1, -0.05) is 24.3 Å². The van der Waals surface area contributed by atoms with Crippen molar-refractivity contribution in [3.05, 3.63) is 41.0 Å². The molecule has 4 nitrogen and oxygen atoms in total. The first-order valence-electron chi connectivity index (χ1n) is 6.90. The van der Waals surface area contributed by atoms with Crippen LogP contribution in [0.25, 0.3) is 5.57 Å². The SMILES string of the molecule is Cc1cccc(C2=CCC(C#N)(C#N)C(C#N)(C#N)C2)c1C. The molecule has 0 unspecified atom stereocenters. The number of allylic oxidation sites excluding steroid dienone is 2. The fraction of sp³-hybridized carbons (Fsp3) is 0.333. The summed E-state index contributed by atoms with van der Waals surface area (Å²) < 4.78 is 0. The normalized spacial score (nSPS) is 18.0. The lowest BCUT2D eigenvalue weighted by molar-refractivity contribution is 0.296. The number of aryl methyl sites for hydroxylation is 1. The zero-order valence-electron chi connectivity index (χ0n) is 12.5. The van der Waals surface area contributed by atoms with Crippen molar-refractivity contribution in [1.82, 2.24) is 0 Å². The Kier molecular flexibility index (Phi) is 3.73. The lowest BCUT2D eigenvalue weighted by Gasteiger charge is -2.35. The predicted octanol–water partition coefficient (Wildman–Crippen LogP) is 3.55. The van der Waals surface area contributed by atoms with Gasteiger partial charge in [-0.3, -0.25) is 0 Å². The average molecular weight is 286 g/mol. The first-order chi connectivity index (χ1) is 10.5. The van der Waals surface area contributed by atoms with Crippen LogP contribution in [0.3, 0.4) is 0 Å². The second kappa shape index (κ2) is 5.37. The zero-order valence-corrected chi connectivity index (χ0v) is 12.5. The molecule has 0 aromatic heterocycles. The maximum Gasteiger partial charge on any atom is 0.179 e. The molecular weight excluding hydrogens is 272 g/mol. The van der Waals surface area contributed by atoms with Crippen molar-refractivity contribution in [3.63, 3.8) is 0 Å². The summed E-state index contributed by atoms with van der Waals surface area (Å²) in [4.78, 5) is 0. The fourth-order valence-corrected chi connectivity index (χ4v) is 2.87. The third kappa shape index (κ3) is 1.95. The average Bonchev–Trinajstić information content (AvgIpc) is 2.56. The molecule has 1 aromatic carbocycles. The van der Waals surface area contributed by atoms with E-state index in [0.717, 1.165) is 22.3 Å². The lowest BCUT2D eigenvalue weighted by Crippen LogP contribution is -2.40. The molecule has 0 saturated carbocycles. The number of benzene rings is 1. The summed E-state index contributed by atoms with van der Waals surface area (Å²) in [5.41, 5.74) is 0.772. The van der Waals surface area contributed by atoms with E-state index in [4.69, 9.17) is 0 Å².